The first-order valence-electron chi connectivity index (χ1n) is 9.54. The van der Waals surface area contributed by atoms with E-state index in [4.69, 9.17) is 0 Å². The molecule has 5 heteroatoms. The van der Waals surface area contributed by atoms with Crippen molar-refractivity contribution >= 4 is 23.3 Å². The molecular formula is C21H36N2O3. The van der Waals surface area contributed by atoms with Crippen molar-refractivity contribution in [1.82, 2.24) is 5.32 Å². The molecule has 1 fully saturated rings. The average molecular weight is 365 g/mol. The smallest absolute Gasteiger partial charge is 0.229 e. The topological polar surface area (TPSA) is 75.3 Å². The van der Waals surface area contributed by atoms with E-state index in [2.05, 4.69) is 17.6 Å². The number of anilines is 1. The fraction of sp³-hybridized carbons (Fsp3) is 0.571. The number of benzene rings is 1. The molecule has 0 radical (unpaired) electrons. The Balaban J connectivity index is 0. The maximum atomic E-state index is 11.3. The normalized spacial score (nSPS) is 15.0. The van der Waals surface area contributed by atoms with Crippen LogP contribution in [0, 0.1) is 5.92 Å². The van der Waals surface area contributed by atoms with Crippen molar-refractivity contribution in [3.63, 3.8) is 0 Å². The number of ketones is 1. The molecule has 148 valence electrons. The maximum absolute atomic E-state index is 11.3. The summed E-state index contributed by atoms with van der Waals surface area (Å²) >= 11 is 0. The lowest BCUT2D eigenvalue weighted by Crippen LogP contribution is -2.39. The van der Waals surface area contributed by atoms with E-state index in [-0.39, 0.29) is 23.5 Å². The van der Waals surface area contributed by atoms with Gasteiger partial charge in [0.2, 0.25) is 11.8 Å². The van der Waals surface area contributed by atoms with Crippen LogP contribution in [0.1, 0.15) is 77.2 Å². The summed E-state index contributed by atoms with van der Waals surface area (Å²) in [6.45, 7) is 13.5. The molecule has 1 atom stereocenters. The van der Waals surface area contributed by atoms with Gasteiger partial charge in [0.1, 0.15) is 0 Å². The first kappa shape index (κ1) is 26.1. The van der Waals surface area contributed by atoms with Gasteiger partial charge in [-0.25, -0.2) is 0 Å². The van der Waals surface area contributed by atoms with Crippen molar-refractivity contribution < 1.29 is 14.4 Å². The quantitative estimate of drug-likeness (QED) is 0.607. The minimum Gasteiger partial charge on any atom is -0.388 e. The minimum absolute atomic E-state index is 0.0164. The van der Waals surface area contributed by atoms with Crippen LogP contribution in [0.4, 0.5) is 5.69 Å². The Labute approximate surface area is 159 Å². The van der Waals surface area contributed by atoms with E-state index in [1.807, 2.05) is 59.9 Å². The lowest BCUT2D eigenvalue weighted by Gasteiger charge is -2.15. The Morgan fingerprint density at radius 2 is 1.77 bits per heavy atom. The average Bonchev–Trinajstić information content (AvgIpc) is 2.67. The number of carbonyl (C=O) groups is 3. The van der Waals surface area contributed by atoms with E-state index in [1.165, 1.54) is 0 Å². The van der Waals surface area contributed by atoms with Crippen molar-refractivity contribution in [2.75, 3.05) is 12.4 Å². The van der Waals surface area contributed by atoms with Gasteiger partial charge in [0.25, 0.3) is 0 Å². The molecule has 26 heavy (non-hydrogen) atoms. The van der Waals surface area contributed by atoms with Crippen LogP contribution in [0.2, 0.25) is 0 Å². The number of rotatable bonds is 3. The van der Waals surface area contributed by atoms with Crippen molar-refractivity contribution in [2.24, 2.45) is 5.92 Å². The van der Waals surface area contributed by atoms with Crippen LogP contribution in [0.3, 0.4) is 0 Å². The third-order valence-electron chi connectivity index (χ3n) is 3.69. The fourth-order valence-corrected chi connectivity index (χ4v) is 2.33. The summed E-state index contributed by atoms with van der Waals surface area (Å²) in [6, 6.07) is 5.77. The summed E-state index contributed by atoms with van der Waals surface area (Å²) in [4.78, 5) is 32.4. The summed E-state index contributed by atoms with van der Waals surface area (Å²) in [6.07, 6.45) is 2.07. The van der Waals surface area contributed by atoms with Crippen LogP contribution < -0.4 is 10.6 Å². The molecule has 2 amide bonds. The van der Waals surface area contributed by atoms with Gasteiger partial charge < -0.3 is 5.32 Å². The van der Waals surface area contributed by atoms with Crippen LogP contribution in [0.15, 0.2) is 18.2 Å². The number of carbonyl (C=O) groups excluding carboxylic acids is 3. The third-order valence-corrected chi connectivity index (χ3v) is 3.69. The van der Waals surface area contributed by atoms with Crippen molar-refractivity contribution in [1.29, 1.82) is 0 Å². The molecule has 2 N–H and O–H groups in total. The van der Waals surface area contributed by atoms with Crippen molar-refractivity contribution in [3.8, 4) is 0 Å². The highest BCUT2D eigenvalue weighted by molar-refractivity contribution is 5.98. The molecule has 1 aromatic carbocycles. The highest BCUT2D eigenvalue weighted by Crippen LogP contribution is 2.20. The molecular weight excluding hydrogens is 328 g/mol. The summed E-state index contributed by atoms with van der Waals surface area (Å²) in [7, 11) is 1.87. The van der Waals surface area contributed by atoms with Gasteiger partial charge in [-0.15, -0.1) is 0 Å². The Bertz CT molecular complexity index is 568. The molecule has 1 saturated heterocycles. The molecule has 1 aromatic rings. The molecule has 1 heterocycles. The monoisotopic (exact) mass is 364 g/mol. The number of piperidine rings is 1. The van der Waals surface area contributed by atoms with Crippen LogP contribution in [0.5, 0.6) is 0 Å². The van der Waals surface area contributed by atoms with Crippen LogP contribution in [-0.4, -0.2) is 24.6 Å². The van der Waals surface area contributed by atoms with E-state index in [9.17, 15) is 14.4 Å². The molecule has 0 spiro atoms. The van der Waals surface area contributed by atoms with Gasteiger partial charge in [0, 0.05) is 30.6 Å². The zero-order valence-corrected chi connectivity index (χ0v) is 17.7. The van der Waals surface area contributed by atoms with E-state index in [0.717, 1.165) is 23.2 Å². The van der Waals surface area contributed by atoms with E-state index >= 15 is 0 Å². The van der Waals surface area contributed by atoms with Crippen molar-refractivity contribution in [3.05, 3.63) is 29.3 Å². The first-order valence-corrected chi connectivity index (χ1v) is 9.54. The molecule has 1 aliphatic heterocycles. The van der Waals surface area contributed by atoms with E-state index in [1.54, 1.807) is 6.92 Å². The molecule has 0 saturated carbocycles. The van der Waals surface area contributed by atoms with Gasteiger partial charge in [0.05, 0.1) is 0 Å². The summed E-state index contributed by atoms with van der Waals surface area (Å²) in [5.41, 5.74) is 2.99. The minimum atomic E-state index is -0.141. The van der Waals surface area contributed by atoms with Gasteiger partial charge in [-0.2, -0.15) is 0 Å². The highest BCUT2D eigenvalue weighted by atomic mass is 16.2. The molecule has 0 aromatic heterocycles. The lowest BCUT2D eigenvalue weighted by molar-refractivity contribution is -0.135. The Hall–Kier alpha value is -2.17. The fourth-order valence-electron chi connectivity index (χ4n) is 2.33. The number of amides is 2. The molecule has 1 unspecified atom stereocenters. The molecule has 5 nitrogen and oxygen atoms in total. The first-order chi connectivity index (χ1) is 12.4. The van der Waals surface area contributed by atoms with Crippen LogP contribution >= 0.6 is 0 Å². The van der Waals surface area contributed by atoms with Crippen molar-refractivity contribution in [2.45, 2.75) is 67.7 Å². The summed E-state index contributed by atoms with van der Waals surface area (Å²) in [5, 5.41) is 5.34. The summed E-state index contributed by atoms with van der Waals surface area (Å²) < 4.78 is 0. The second-order valence-electron chi connectivity index (χ2n) is 5.34. The maximum Gasteiger partial charge on any atom is 0.229 e. The largest absolute Gasteiger partial charge is 0.388 e. The molecule has 2 rings (SSSR count). The third kappa shape index (κ3) is 8.79. The standard InChI is InChI=1S/C11H15NO.C6H9NO2.2C2H6/c1-4-9-10(8(2)13)6-5-7-11(9)12-3;1-4-2-3-5(8)7-6(4)9;2*1-2/h5-7,12H,4H2,1-3H3;4H,2-3H2,1H3,(H,7,8,9);2*1-2H3. The molecule has 1 aliphatic rings. The van der Waals surface area contributed by atoms with E-state index in [0.29, 0.717) is 12.8 Å². The number of Topliss-reactive ketones (excluding diaryl/α,β-unsaturated/α-hetero) is 1. The highest BCUT2D eigenvalue weighted by Gasteiger charge is 2.21. The molecule has 0 bridgehead atoms. The van der Waals surface area contributed by atoms with Crippen LogP contribution in [0.25, 0.3) is 0 Å². The predicted octanol–water partition coefficient (Wildman–Crippen LogP) is 4.60. The van der Waals surface area contributed by atoms with Gasteiger partial charge in [-0.1, -0.05) is 53.7 Å². The van der Waals surface area contributed by atoms with Gasteiger partial charge in [-0.05, 0) is 31.4 Å². The van der Waals surface area contributed by atoms with Gasteiger partial charge in [-0.3, -0.25) is 19.7 Å². The second-order valence-corrected chi connectivity index (χ2v) is 5.34. The number of hydrogen-bond acceptors (Lipinski definition) is 4. The van der Waals surface area contributed by atoms with Gasteiger partial charge in [0.15, 0.2) is 5.78 Å². The Morgan fingerprint density at radius 1 is 1.19 bits per heavy atom. The number of hydrogen-bond donors (Lipinski definition) is 2. The predicted molar refractivity (Wildman–Crippen MR) is 110 cm³/mol. The zero-order chi connectivity index (χ0) is 20.7. The SMILES string of the molecule is CC.CC.CC1CCC(=O)NC1=O.CCc1c(NC)cccc1C(C)=O. The summed E-state index contributed by atoms with van der Waals surface area (Å²) in [5.74, 6) is -0.124. The lowest BCUT2D eigenvalue weighted by atomic mass is 10.0. The Kier molecular flexibility index (Phi) is 15.2. The number of nitrogens with one attached hydrogen (secondary N) is 2. The molecule has 0 aliphatic carbocycles. The van der Waals surface area contributed by atoms with E-state index < -0.39 is 0 Å². The Morgan fingerprint density at radius 3 is 2.15 bits per heavy atom. The number of imide groups is 1. The zero-order valence-electron chi connectivity index (χ0n) is 17.7. The van der Waals surface area contributed by atoms with Gasteiger partial charge >= 0.3 is 0 Å². The van der Waals surface area contributed by atoms with Crippen LogP contribution in [-0.2, 0) is 16.0 Å². The second kappa shape index (κ2) is 15.1.